The molecule has 0 radical (unpaired) electrons. The van der Waals surface area contributed by atoms with E-state index in [2.05, 4.69) is 13.8 Å². The lowest BCUT2D eigenvalue weighted by Gasteiger charge is -2.45. The topological polar surface area (TPSA) is 18.5 Å². The van der Waals surface area contributed by atoms with Crippen LogP contribution in [0.2, 0.25) is 0 Å². The minimum absolute atomic E-state index is 0.199. The summed E-state index contributed by atoms with van der Waals surface area (Å²) in [6.07, 6.45) is 10.4. The van der Waals surface area contributed by atoms with Gasteiger partial charge in [-0.05, 0) is 39.0 Å². The molecular weight excluding hydrogens is 188 g/mol. The molecule has 0 N–H and O–H groups in total. The third-order valence-corrected chi connectivity index (χ3v) is 3.66. The Hall–Kier alpha value is -0.0800. The van der Waals surface area contributed by atoms with E-state index in [1.807, 2.05) is 0 Å². The molecule has 0 aliphatic carbocycles. The van der Waals surface area contributed by atoms with Crippen molar-refractivity contribution < 1.29 is 9.47 Å². The van der Waals surface area contributed by atoms with Crippen molar-refractivity contribution in [2.24, 2.45) is 0 Å². The second kappa shape index (κ2) is 4.84. The highest BCUT2D eigenvalue weighted by molar-refractivity contribution is 4.82. The normalized spacial score (nSPS) is 42.0. The van der Waals surface area contributed by atoms with E-state index >= 15 is 0 Å². The maximum atomic E-state index is 6.20. The van der Waals surface area contributed by atoms with E-state index in [9.17, 15) is 0 Å². The molecule has 0 aromatic rings. The fraction of sp³-hybridized carbons (Fsp3) is 1.00. The number of hydrogen-bond acceptors (Lipinski definition) is 2. The maximum Gasteiger partial charge on any atom is 0.169 e. The SMILES string of the molecule is CCC[C@@H]1CCC[C@]2(CCC[C@@H](C)O2)O1. The highest BCUT2D eigenvalue weighted by atomic mass is 16.7. The van der Waals surface area contributed by atoms with Gasteiger partial charge in [-0.1, -0.05) is 13.3 Å². The zero-order valence-electron chi connectivity index (χ0n) is 10.1. The Morgan fingerprint density at radius 1 is 1.13 bits per heavy atom. The summed E-state index contributed by atoms with van der Waals surface area (Å²) in [7, 11) is 0. The summed E-state index contributed by atoms with van der Waals surface area (Å²) in [5.74, 6) is -0.199. The molecule has 2 heteroatoms. The fourth-order valence-electron chi connectivity index (χ4n) is 2.96. The van der Waals surface area contributed by atoms with Gasteiger partial charge in [-0.25, -0.2) is 0 Å². The average molecular weight is 212 g/mol. The average Bonchev–Trinajstić information content (AvgIpc) is 2.17. The van der Waals surface area contributed by atoms with Gasteiger partial charge in [-0.3, -0.25) is 0 Å². The van der Waals surface area contributed by atoms with Gasteiger partial charge in [0, 0.05) is 12.8 Å². The molecule has 2 rings (SSSR count). The van der Waals surface area contributed by atoms with Gasteiger partial charge in [0.2, 0.25) is 0 Å². The zero-order chi connectivity index (χ0) is 10.7. The minimum Gasteiger partial charge on any atom is -0.347 e. The minimum atomic E-state index is -0.199. The zero-order valence-corrected chi connectivity index (χ0v) is 10.1. The summed E-state index contributed by atoms with van der Waals surface area (Å²) >= 11 is 0. The van der Waals surface area contributed by atoms with Crippen LogP contribution in [-0.2, 0) is 9.47 Å². The predicted molar refractivity (Wildman–Crippen MR) is 60.8 cm³/mol. The molecule has 2 heterocycles. The van der Waals surface area contributed by atoms with E-state index in [4.69, 9.17) is 9.47 Å². The van der Waals surface area contributed by atoms with Crippen molar-refractivity contribution in [2.75, 3.05) is 0 Å². The molecule has 0 amide bonds. The van der Waals surface area contributed by atoms with E-state index in [0.717, 1.165) is 12.8 Å². The standard InChI is InChI=1S/C13H24O2/c1-3-6-12-8-5-10-13(15-12)9-4-7-11(2)14-13/h11-12H,3-10H2,1-2H3/t11-,12-,13+/m1/s1. The van der Waals surface area contributed by atoms with Crippen LogP contribution < -0.4 is 0 Å². The van der Waals surface area contributed by atoms with Crippen LogP contribution in [0.1, 0.15) is 65.2 Å². The molecule has 2 aliphatic heterocycles. The van der Waals surface area contributed by atoms with Crippen LogP contribution in [0, 0.1) is 0 Å². The molecule has 2 aliphatic rings. The molecule has 88 valence electrons. The molecule has 0 aromatic carbocycles. The monoisotopic (exact) mass is 212 g/mol. The molecule has 3 atom stereocenters. The highest BCUT2D eigenvalue weighted by Crippen LogP contribution is 2.39. The van der Waals surface area contributed by atoms with Gasteiger partial charge < -0.3 is 9.47 Å². The lowest BCUT2D eigenvalue weighted by molar-refractivity contribution is -0.312. The highest BCUT2D eigenvalue weighted by Gasteiger charge is 2.41. The van der Waals surface area contributed by atoms with Crippen molar-refractivity contribution in [1.29, 1.82) is 0 Å². The van der Waals surface area contributed by atoms with Gasteiger partial charge in [0.05, 0.1) is 12.2 Å². The van der Waals surface area contributed by atoms with Crippen molar-refractivity contribution >= 4 is 0 Å². The Balaban J connectivity index is 1.94. The van der Waals surface area contributed by atoms with Crippen molar-refractivity contribution in [3.05, 3.63) is 0 Å². The molecule has 2 fully saturated rings. The first-order chi connectivity index (χ1) is 7.24. The number of hydrogen-bond donors (Lipinski definition) is 0. The number of rotatable bonds is 2. The first kappa shape index (κ1) is 11.4. The molecule has 15 heavy (non-hydrogen) atoms. The quantitative estimate of drug-likeness (QED) is 0.695. The molecule has 2 nitrogen and oxygen atoms in total. The molecule has 0 aromatic heterocycles. The van der Waals surface area contributed by atoms with Crippen LogP contribution in [0.5, 0.6) is 0 Å². The molecule has 0 bridgehead atoms. The van der Waals surface area contributed by atoms with E-state index in [1.165, 1.54) is 38.5 Å². The summed E-state index contributed by atoms with van der Waals surface area (Å²) in [4.78, 5) is 0. The smallest absolute Gasteiger partial charge is 0.169 e. The molecule has 2 saturated heterocycles. The summed E-state index contributed by atoms with van der Waals surface area (Å²) < 4.78 is 12.3. The predicted octanol–water partition coefficient (Wildman–Crippen LogP) is 3.64. The van der Waals surface area contributed by atoms with Gasteiger partial charge >= 0.3 is 0 Å². The second-order valence-corrected chi connectivity index (χ2v) is 5.15. The largest absolute Gasteiger partial charge is 0.347 e. The lowest BCUT2D eigenvalue weighted by atomic mass is 9.92. The fourth-order valence-corrected chi connectivity index (χ4v) is 2.96. The third kappa shape index (κ3) is 2.73. The molecular formula is C13H24O2. The van der Waals surface area contributed by atoms with Crippen LogP contribution >= 0.6 is 0 Å². The van der Waals surface area contributed by atoms with Gasteiger partial charge in [0.1, 0.15) is 0 Å². The second-order valence-electron chi connectivity index (χ2n) is 5.15. The first-order valence-electron chi connectivity index (χ1n) is 6.60. The van der Waals surface area contributed by atoms with Crippen molar-refractivity contribution in [3.8, 4) is 0 Å². The number of ether oxygens (including phenoxy) is 2. The van der Waals surface area contributed by atoms with Gasteiger partial charge in [-0.15, -0.1) is 0 Å². The summed E-state index contributed by atoms with van der Waals surface area (Å²) in [6, 6.07) is 0. The summed E-state index contributed by atoms with van der Waals surface area (Å²) in [6.45, 7) is 4.41. The van der Waals surface area contributed by atoms with E-state index in [1.54, 1.807) is 0 Å². The van der Waals surface area contributed by atoms with Crippen LogP contribution in [-0.4, -0.2) is 18.0 Å². The Kier molecular flexibility index (Phi) is 3.68. The molecule has 1 spiro atoms. The van der Waals surface area contributed by atoms with Crippen molar-refractivity contribution in [1.82, 2.24) is 0 Å². The van der Waals surface area contributed by atoms with Crippen LogP contribution in [0.25, 0.3) is 0 Å². The van der Waals surface area contributed by atoms with E-state index in [-0.39, 0.29) is 5.79 Å². The van der Waals surface area contributed by atoms with Crippen LogP contribution in [0.3, 0.4) is 0 Å². The Labute approximate surface area is 93.3 Å². The summed E-state index contributed by atoms with van der Waals surface area (Å²) in [5, 5.41) is 0. The first-order valence-corrected chi connectivity index (χ1v) is 6.60. The Morgan fingerprint density at radius 3 is 2.53 bits per heavy atom. The summed E-state index contributed by atoms with van der Waals surface area (Å²) in [5.41, 5.74) is 0. The van der Waals surface area contributed by atoms with Crippen LogP contribution in [0.15, 0.2) is 0 Å². The third-order valence-electron chi connectivity index (χ3n) is 3.66. The molecule has 0 unspecified atom stereocenters. The Bertz CT molecular complexity index is 199. The van der Waals surface area contributed by atoms with Crippen molar-refractivity contribution in [2.45, 2.75) is 83.2 Å². The lowest BCUT2D eigenvalue weighted by Crippen LogP contribution is -2.47. The van der Waals surface area contributed by atoms with Crippen molar-refractivity contribution in [3.63, 3.8) is 0 Å². The van der Waals surface area contributed by atoms with Crippen LogP contribution in [0.4, 0.5) is 0 Å². The van der Waals surface area contributed by atoms with Gasteiger partial charge in [-0.2, -0.15) is 0 Å². The molecule has 0 saturated carbocycles. The maximum absolute atomic E-state index is 6.20. The van der Waals surface area contributed by atoms with E-state index in [0.29, 0.717) is 12.2 Å². The Morgan fingerprint density at radius 2 is 1.87 bits per heavy atom. The van der Waals surface area contributed by atoms with Gasteiger partial charge in [0.15, 0.2) is 5.79 Å². The van der Waals surface area contributed by atoms with Gasteiger partial charge in [0.25, 0.3) is 0 Å². The van der Waals surface area contributed by atoms with E-state index < -0.39 is 0 Å².